The first kappa shape index (κ1) is 16.3. The predicted molar refractivity (Wildman–Crippen MR) is 74.8 cm³/mol. The molecule has 0 aliphatic carbocycles. The number of esters is 1. The molecule has 1 aromatic heterocycles. The minimum atomic E-state index is -0.347. The zero-order chi connectivity index (χ0) is 15.0. The highest BCUT2D eigenvalue weighted by molar-refractivity contribution is 5.77. The third-order valence-electron chi connectivity index (χ3n) is 3.12. The summed E-state index contributed by atoms with van der Waals surface area (Å²) in [5.41, 5.74) is 0. The van der Waals surface area contributed by atoms with Gasteiger partial charge in [-0.3, -0.25) is 9.59 Å². The van der Waals surface area contributed by atoms with Crippen LogP contribution in [0.2, 0.25) is 0 Å². The van der Waals surface area contributed by atoms with E-state index >= 15 is 0 Å². The fourth-order valence-corrected chi connectivity index (χ4v) is 1.94. The first-order valence-corrected chi connectivity index (χ1v) is 6.96. The van der Waals surface area contributed by atoms with Crippen molar-refractivity contribution in [3.8, 4) is 0 Å². The Balaban J connectivity index is 2.67. The van der Waals surface area contributed by atoms with Crippen LogP contribution in [0.4, 0.5) is 0 Å². The summed E-state index contributed by atoms with van der Waals surface area (Å²) in [4.78, 5) is 25.4. The van der Waals surface area contributed by atoms with Gasteiger partial charge >= 0.3 is 5.97 Å². The third-order valence-corrected chi connectivity index (χ3v) is 3.12. The lowest BCUT2D eigenvalue weighted by Crippen LogP contribution is -2.36. The predicted octanol–water partition coefficient (Wildman–Crippen LogP) is 2.61. The molecule has 1 heterocycles. The molecule has 1 atom stereocenters. The van der Waals surface area contributed by atoms with Crippen LogP contribution < -0.4 is 0 Å². The molecule has 112 valence electrons. The minimum absolute atomic E-state index is 0.0407. The van der Waals surface area contributed by atoms with Crippen LogP contribution in [0.3, 0.4) is 0 Å². The van der Waals surface area contributed by atoms with Crippen LogP contribution in [0.15, 0.2) is 22.8 Å². The molecule has 0 aromatic carbocycles. The summed E-state index contributed by atoms with van der Waals surface area (Å²) in [6, 6.07) is 3.61. The molecule has 1 unspecified atom stereocenters. The zero-order valence-electron chi connectivity index (χ0n) is 12.4. The number of methoxy groups -OCH3 is 1. The molecule has 0 saturated heterocycles. The topological polar surface area (TPSA) is 59.8 Å². The van der Waals surface area contributed by atoms with Gasteiger partial charge in [-0.05, 0) is 18.6 Å². The van der Waals surface area contributed by atoms with E-state index in [2.05, 4.69) is 0 Å². The summed E-state index contributed by atoms with van der Waals surface area (Å²) in [5, 5.41) is 0. The van der Waals surface area contributed by atoms with Crippen LogP contribution in [-0.2, 0) is 20.9 Å². The Morgan fingerprint density at radius 2 is 2.20 bits per heavy atom. The number of rotatable bonds is 8. The van der Waals surface area contributed by atoms with Crippen molar-refractivity contribution >= 4 is 11.9 Å². The van der Waals surface area contributed by atoms with Crippen LogP contribution in [0, 0.1) is 5.92 Å². The Morgan fingerprint density at radius 3 is 2.75 bits per heavy atom. The SMILES string of the molecule is CCCCC(=O)N(Cc1ccco1)CC(C)C(=O)OC. The molecule has 0 fully saturated rings. The van der Waals surface area contributed by atoms with E-state index in [-0.39, 0.29) is 17.8 Å². The molecule has 20 heavy (non-hydrogen) atoms. The van der Waals surface area contributed by atoms with Crippen molar-refractivity contribution in [1.82, 2.24) is 4.90 Å². The van der Waals surface area contributed by atoms with Crippen molar-refractivity contribution in [2.24, 2.45) is 5.92 Å². The van der Waals surface area contributed by atoms with Crippen LogP contribution in [0.5, 0.6) is 0 Å². The monoisotopic (exact) mass is 281 g/mol. The maximum atomic E-state index is 12.2. The highest BCUT2D eigenvalue weighted by atomic mass is 16.5. The molecule has 0 aliphatic heterocycles. The Bertz CT molecular complexity index is 414. The molecule has 1 aromatic rings. The Hall–Kier alpha value is -1.78. The fourth-order valence-electron chi connectivity index (χ4n) is 1.94. The van der Waals surface area contributed by atoms with Crippen molar-refractivity contribution in [3.63, 3.8) is 0 Å². The highest BCUT2D eigenvalue weighted by Crippen LogP contribution is 2.12. The number of furan rings is 1. The number of amides is 1. The summed E-state index contributed by atoms with van der Waals surface area (Å²) in [6.07, 6.45) is 3.88. The van der Waals surface area contributed by atoms with E-state index in [1.165, 1.54) is 7.11 Å². The summed E-state index contributed by atoms with van der Waals surface area (Å²) < 4.78 is 9.99. The third kappa shape index (κ3) is 5.07. The average molecular weight is 281 g/mol. The second-order valence-corrected chi connectivity index (χ2v) is 4.88. The first-order chi connectivity index (χ1) is 9.58. The molecule has 0 spiro atoms. The van der Waals surface area contributed by atoms with Gasteiger partial charge in [0.1, 0.15) is 5.76 Å². The molecular formula is C15H23NO4. The van der Waals surface area contributed by atoms with Crippen LogP contribution >= 0.6 is 0 Å². The lowest BCUT2D eigenvalue weighted by Gasteiger charge is -2.24. The number of hydrogen-bond acceptors (Lipinski definition) is 4. The number of nitrogens with zero attached hydrogens (tertiary/aromatic N) is 1. The largest absolute Gasteiger partial charge is 0.469 e. The van der Waals surface area contributed by atoms with Gasteiger partial charge in [-0.1, -0.05) is 20.3 Å². The van der Waals surface area contributed by atoms with Gasteiger partial charge in [-0.2, -0.15) is 0 Å². The van der Waals surface area contributed by atoms with Crippen LogP contribution in [0.25, 0.3) is 0 Å². The Labute approximate surface area is 119 Å². The van der Waals surface area contributed by atoms with Crippen molar-refractivity contribution in [1.29, 1.82) is 0 Å². The van der Waals surface area contributed by atoms with Crippen molar-refractivity contribution in [2.75, 3.05) is 13.7 Å². The zero-order valence-corrected chi connectivity index (χ0v) is 12.4. The van der Waals surface area contributed by atoms with Gasteiger partial charge in [0.15, 0.2) is 0 Å². The Kier molecular flexibility index (Phi) is 6.84. The van der Waals surface area contributed by atoms with Gasteiger partial charge < -0.3 is 14.1 Å². The maximum absolute atomic E-state index is 12.2. The van der Waals surface area contributed by atoms with Crippen LogP contribution in [0.1, 0.15) is 38.9 Å². The second-order valence-electron chi connectivity index (χ2n) is 4.88. The average Bonchev–Trinajstić information content (AvgIpc) is 2.95. The van der Waals surface area contributed by atoms with E-state index in [1.54, 1.807) is 24.2 Å². The van der Waals surface area contributed by atoms with E-state index in [0.717, 1.165) is 12.8 Å². The van der Waals surface area contributed by atoms with Crippen molar-refractivity contribution in [2.45, 2.75) is 39.7 Å². The van der Waals surface area contributed by atoms with Crippen molar-refractivity contribution in [3.05, 3.63) is 24.2 Å². The quantitative estimate of drug-likeness (QED) is 0.687. The standard InChI is InChI=1S/C15H23NO4/c1-4-5-8-14(17)16(10-12(2)15(18)19-3)11-13-7-6-9-20-13/h6-7,9,12H,4-5,8,10-11H2,1-3H3. The number of hydrogen-bond donors (Lipinski definition) is 0. The highest BCUT2D eigenvalue weighted by Gasteiger charge is 2.22. The van der Waals surface area contributed by atoms with E-state index in [4.69, 9.17) is 9.15 Å². The Morgan fingerprint density at radius 1 is 1.45 bits per heavy atom. The van der Waals surface area contributed by atoms with Crippen molar-refractivity contribution < 1.29 is 18.7 Å². The van der Waals surface area contributed by atoms with Gasteiger partial charge in [0.05, 0.1) is 25.8 Å². The minimum Gasteiger partial charge on any atom is -0.469 e. The molecule has 5 heteroatoms. The smallest absolute Gasteiger partial charge is 0.310 e. The van der Waals surface area contributed by atoms with Gasteiger partial charge in [0.25, 0.3) is 0 Å². The normalized spacial score (nSPS) is 11.9. The molecule has 0 N–H and O–H groups in total. The number of carbonyl (C=O) groups excluding carboxylic acids is 2. The number of ether oxygens (including phenoxy) is 1. The van der Waals surface area contributed by atoms with E-state index in [9.17, 15) is 9.59 Å². The number of carbonyl (C=O) groups is 2. The van der Waals surface area contributed by atoms with E-state index in [1.807, 2.05) is 13.0 Å². The van der Waals surface area contributed by atoms with Crippen LogP contribution in [-0.4, -0.2) is 30.4 Å². The number of unbranched alkanes of at least 4 members (excludes halogenated alkanes) is 1. The lowest BCUT2D eigenvalue weighted by molar-refractivity contribution is -0.146. The first-order valence-electron chi connectivity index (χ1n) is 6.96. The molecule has 1 rings (SSSR count). The summed E-state index contributed by atoms with van der Waals surface area (Å²) in [5.74, 6) is 0.101. The summed E-state index contributed by atoms with van der Waals surface area (Å²) >= 11 is 0. The van der Waals surface area contributed by atoms with E-state index in [0.29, 0.717) is 25.3 Å². The van der Waals surface area contributed by atoms with Gasteiger partial charge in [-0.25, -0.2) is 0 Å². The summed E-state index contributed by atoms with van der Waals surface area (Å²) in [7, 11) is 1.36. The molecule has 5 nitrogen and oxygen atoms in total. The molecule has 0 aliphatic rings. The fraction of sp³-hybridized carbons (Fsp3) is 0.600. The second kappa shape index (κ2) is 8.40. The molecule has 1 amide bonds. The molecular weight excluding hydrogens is 258 g/mol. The van der Waals surface area contributed by atoms with Gasteiger partial charge in [0, 0.05) is 13.0 Å². The molecule has 0 saturated carbocycles. The molecule has 0 bridgehead atoms. The summed E-state index contributed by atoms with van der Waals surface area (Å²) in [6.45, 7) is 4.53. The lowest BCUT2D eigenvalue weighted by atomic mass is 10.1. The van der Waals surface area contributed by atoms with E-state index < -0.39 is 0 Å². The maximum Gasteiger partial charge on any atom is 0.310 e. The molecule has 0 radical (unpaired) electrons. The van der Waals surface area contributed by atoms with Gasteiger partial charge in [-0.15, -0.1) is 0 Å². The van der Waals surface area contributed by atoms with Gasteiger partial charge in [0.2, 0.25) is 5.91 Å².